The number of carbonyl (C=O) groups excluding carboxylic acids is 1. The van der Waals surface area contributed by atoms with E-state index in [-0.39, 0.29) is 31.1 Å². The summed E-state index contributed by atoms with van der Waals surface area (Å²) in [4.78, 5) is 24.6. The van der Waals surface area contributed by atoms with Crippen molar-refractivity contribution >= 4 is 11.9 Å². The van der Waals surface area contributed by atoms with Crippen molar-refractivity contribution in [2.45, 2.75) is 72.4 Å². The number of aliphatic carboxylic acids is 1. The fourth-order valence-corrected chi connectivity index (χ4v) is 2.21. The number of nitrogens with one attached hydrogen (secondary N) is 1. The van der Waals surface area contributed by atoms with E-state index in [1.165, 1.54) is 0 Å². The number of hydrogen-bond acceptors (Lipinski definition) is 3. The lowest BCUT2D eigenvalue weighted by Crippen LogP contribution is -2.46. The number of amides is 1. The van der Waals surface area contributed by atoms with Gasteiger partial charge in [0.1, 0.15) is 0 Å². The van der Waals surface area contributed by atoms with Crippen molar-refractivity contribution in [3.8, 4) is 0 Å². The summed E-state index contributed by atoms with van der Waals surface area (Å²) in [6.45, 7) is 10.4. The smallest absolute Gasteiger partial charge is 0.317 e. The van der Waals surface area contributed by atoms with Crippen LogP contribution in [0.5, 0.6) is 0 Å². The summed E-state index contributed by atoms with van der Waals surface area (Å²) >= 11 is 0. The molecule has 0 rings (SSSR count). The zero-order valence-electron chi connectivity index (χ0n) is 14.2. The number of nitrogens with zero attached hydrogens (tertiary/aromatic N) is 1. The number of carbonyl (C=O) groups is 2. The first-order valence-electron chi connectivity index (χ1n) is 8.01. The molecule has 5 heteroatoms. The molecule has 0 spiro atoms. The van der Waals surface area contributed by atoms with Crippen LogP contribution < -0.4 is 5.32 Å². The highest BCUT2D eigenvalue weighted by Crippen LogP contribution is 2.08. The SMILES string of the molecule is CCC(C)N(CC(=O)O)CC(=O)NC(C)CCCC(C)C. The second-order valence-electron chi connectivity index (χ2n) is 6.35. The minimum absolute atomic E-state index is 0.0862. The molecule has 0 aromatic heterocycles. The molecule has 2 atom stereocenters. The van der Waals surface area contributed by atoms with Gasteiger partial charge in [-0.15, -0.1) is 0 Å². The first kappa shape index (κ1) is 19.9. The van der Waals surface area contributed by atoms with E-state index >= 15 is 0 Å². The van der Waals surface area contributed by atoms with E-state index < -0.39 is 5.97 Å². The van der Waals surface area contributed by atoms with E-state index in [1.54, 1.807) is 4.90 Å². The van der Waals surface area contributed by atoms with Crippen LogP contribution in [-0.2, 0) is 9.59 Å². The van der Waals surface area contributed by atoms with Crippen LogP contribution in [0.15, 0.2) is 0 Å². The lowest BCUT2D eigenvalue weighted by atomic mass is 10.0. The molecule has 21 heavy (non-hydrogen) atoms. The maximum atomic E-state index is 12.0. The predicted molar refractivity (Wildman–Crippen MR) is 85.3 cm³/mol. The minimum Gasteiger partial charge on any atom is -0.480 e. The first-order chi connectivity index (χ1) is 9.76. The normalized spacial score (nSPS) is 14.2. The second kappa shape index (κ2) is 10.6. The van der Waals surface area contributed by atoms with Gasteiger partial charge in [0, 0.05) is 12.1 Å². The molecule has 5 nitrogen and oxygen atoms in total. The highest BCUT2D eigenvalue weighted by atomic mass is 16.4. The highest BCUT2D eigenvalue weighted by Gasteiger charge is 2.19. The summed E-state index contributed by atoms with van der Waals surface area (Å²) in [5.74, 6) is -0.300. The summed E-state index contributed by atoms with van der Waals surface area (Å²) in [6.07, 6.45) is 4.05. The summed E-state index contributed by atoms with van der Waals surface area (Å²) in [7, 11) is 0. The van der Waals surface area contributed by atoms with Gasteiger partial charge in [0.15, 0.2) is 0 Å². The average Bonchev–Trinajstić information content (AvgIpc) is 2.35. The Morgan fingerprint density at radius 3 is 2.19 bits per heavy atom. The zero-order valence-corrected chi connectivity index (χ0v) is 14.2. The molecule has 0 radical (unpaired) electrons. The second-order valence-corrected chi connectivity index (χ2v) is 6.35. The van der Waals surface area contributed by atoms with Crippen LogP contribution in [0, 0.1) is 5.92 Å². The topological polar surface area (TPSA) is 69.6 Å². The van der Waals surface area contributed by atoms with Gasteiger partial charge in [0.05, 0.1) is 13.1 Å². The van der Waals surface area contributed by atoms with E-state index in [1.807, 2.05) is 20.8 Å². The molecule has 0 saturated heterocycles. The Morgan fingerprint density at radius 2 is 1.71 bits per heavy atom. The Bertz CT molecular complexity index is 319. The standard InChI is InChI=1S/C16H32N2O3/c1-6-14(5)18(11-16(20)21)10-15(19)17-13(4)9-7-8-12(2)3/h12-14H,6-11H2,1-5H3,(H,17,19)(H,20,21). The Morgan fingerprint density at radius 1 is 1.10 bits per heavy atom. The van der Waals surface area contributed by atoms with Crippen LogP contribution in [0.1, 0.15) is 60.3 Å². The van der Waals surface area contributed by atoms with E-state index in [9.17, 15) is 9.59 Å². The summed E-state index contributed by atoms with van der Waals surface area (Å²) in [5, 5.41) is 11.9. The van der Waals surface area contributed by atoms with Gasteiger partial charge in [0.25, 0.3) is 0 Å². The Labute approximate surface area is 129 Å². The molecular formula is C16H32N2O3. The van der Waals surface area contributed by atoms with Crippen molar-refractivity contribution in [2.75, 3.05) is 13.1 Å². The molecule has 0 aromatic rings. The van der Waals surface area contributed by atoms with Gasteiger partial charge < -0.3 is 10.4 Å². The maximum Gasteiger partial charge on any atom is 0.317 e. The fraction of sp³-hybridized carbons (Fsp3) is 0.875. The number of carboxylic acid groups (broad SMARTS) is 1. The Hall–Kier alpha value is -1.10. The van der Waals surface area contributed by atoms with Crippen LogP contribution in [0.25, 0.3) is 0 Å². The molecular weight excluding hydrogens is 268 g/mol. The molecule has 0 fully saturated rings. The monoisotopic (exact) mass is 300 g/mol. The summed E-state index contributed by atoms with van der Waals surface area (Å²) in [5.41, 5.74) is 0. The Balaban J connectivity index is 4.20. The molecule has 0 saturated carbocycles. The van der Waals surface area contributed by atoms with Gasteiger partial charge in [-0.2, -0.15) is 0 Å². The van der Waals surface area contributed by atoms with Crippen molar-refractivity contribution < 1.29 is 14.7 Å². The van der Waals surface area contributed by atoms with Gasteiger partial charge in [0.2, 0.25) is 5.91 Å². The molecule has 0 aliphatic carbocycles. The molecule has 2 N–H and O–H groups in total. The molecule has 0 aliphatic heterocycles. The lowest BCUT2D eigenvalue weighted by molar-refractivity contribution is -0.139. The van der Waals surface area contributed by atoms with Crippen LogP contribution in [0.4, 0.5) is 0 Å². The average molecular weight is 300 g/mol. The number of hydrogen-bond donors (Lipinski definition) is 2. The molecule has 2 unspecified atom stereocenters. The van der Waals surface area contributed by atoms with Crippen molar-refractivity contribution in [1.82, 2.24) is 10.2 Å². The molecule has 0 bridgehead atoms. The third kappa shape index (κ3) is 10.3. The van der Waals surface area contributed by atoms with Crippen LogP contribution >= 0.6 is 0 Å². The van der Waals surface area contributed by atoms with E-state index in [0.717, 1.165) is 25.7 Å². The van der Waals surface area contributed by atoms with Crippen LogP contribution in [0.3, 0.4) is 0 Å². The van der Waals surface area contributed by atoms with Crippen molar-refractivity contribution in [1.29, 1.82) is 0 Å². The molecule has 0 aliphatic rings. The minimum atomic E-state index is -0.895. The van der Waals surface area contributed by atoms with Gasteiger partial charge in [-0.05, 0) is 32.6 Å². The molecule has 0 aromatic carbocycles. The van der Waals surface area contributed by atoms with Crippen molar-refractivity contribution in [3.05, 3.63) is 0 Å². The zero-order chi connectivity index (χ0) is 16.4. The highest BCUT2D eigenvalue weighted by molar-refractivity contribution is 5.79. The van der Waals surface area contributed by atoms with Crippen molar-refractivity contribution in [2.24, 2.45) is 5.92 Å². The molecule has 0 heterocycles. The number of carboxylic acids is 1. The van der Waals surface area contributed by atoms with Crippen molar-refractivity contribution in [3.63, 3.8) is 0 Å². The van der Waals surface area contributed by atoms with Gasteiger partial charge in [-0.3, -0.25) is 14.5 Å². The largest absolute Gasteiger partial charge is 0.480 e. The van der Waals surface area contributed by atoms with E-state index in [2.05, 4.69) is 19.2 Å². The quantitative estimate of drug-likeness (QED) is 0.615. The molecule has 124 valence electrons. The van der Waals surface area contributed by atoms with E-state index in [0.29, 0.717) is 5.92 Å². The Kier molecular flexibility index (Phi) is 10.0. The first-order valence-corrected chi connectivity index (χ1v) is 8.01. The van der Waals surface area contributed by atoms with Crippen LogP contribution in [-0.4, -0.2) is 47.1 Å². The van der Waals surface area contributed by atoms with Gasteiger partial charge in [-0.25, -0.2) is 0 Å². The third-order valence-corrected chi connectivity index (χ3v) is 3.73. The summed E-state index contributed by atoms with van der Waals surface area (Å²) in [6, 6.07) is 0.225. The third-order valence-electron chi connectivity index (χ3n) is 3.73. The predicted octanol–water partition coefficient (Wildman–Crippen LogP) is 2.50. The lowest BCUT2D eigenvalue weighted by Gasteiger charge is -2.26. The van der Waals surface area contributed by atoms with Gasteiger partial charge >= 0.3 is 5.97 Å². The fourth-order valence-electron chi connectivity index (χ4n) is 2.21. The van der Waals surface area contributed by atoms with Crippen LogP contribution in [0.2, 0.25) is 0 Å². The number of rotatable bonds is 11. The van der Waals surface area contributed by atoms with E-state index in [4.69, 9.17) is 5.11 Å². The molecule has 1 amide bonds. The summed E-state index contributed by atoms with van der Waals surface area (Å²) < 4.78 is 0. The maximum absolute atomic E-state index is 12.0. The van der Waals surface area contributed by atoms with Gasteiger partial charge in [-0.1, -0.05) is 33.6 Å².